The van der Waals surface area contributed by atoms with Crippen LogP contribution in [0.1, 0.15) is 30.3 Å². The van der Waals surface area contributed by atoms with Crippen LogP contribution in [0.15, 0.2) is 48.5 Å². The molecule has 0 fully saturated rings. The highest BCUT2D eigenvalue weighted by atomic mass is 16.2. The van der Waals surface area contributed by atoms with Crippen molar-refractivity contribution in [2.75, 3.05) is 27.7 Å². The molecule has 0 radical (unpaired) electrons. The molecular formula is C22H31N3O2. The van der Waals surface area contributed by atoms with E-state index in [4.69, 9.17) is 0 Å². The molecule has 0 spiro atoms. The van der Waals surface area contributed by atoms with Gasteiger partial charge in [0.25, 0.3) is 5.91 Å². The van der Waals surface area contributed by atoms with Crippen molar-refractivity contribution in [2.45, 2.75) is 26.8 Å². The summed E-state index contributed by atoms with van der Waals surface area (Å²) in [5.74, 6) is -0.465. The van der Waals surface area contributed by atoms with Crippen LogP contribution in [0.3, 0.4) is 0 Å². The van der Waals surface area contributed by atoms with Gasteiger partial charge < -0.3 is 15.5 Å². The summed E-state index contributed by atoms with van der Waals surface area (Å²) in [6.45, 7) is 2.57. The number of aryl methyl sites for hydroxylation is 1. The quantitative estimate of drug-likeness (QED) is 0.789. The molecule has 0 aliphatic heterocycles. The summed E-state index contributed by atoms with van der Waals surface area (Å²) >= 11 is 0. The van der Waals surface area contributed by atoms with Crippen molar-refractivity contribution in [1.82, 2.24) is 15.5 Å². The second-order valence-electron chi connectivity index (χ2n) is 6.53. The SMILES string of the molecule is C.CCc1ccc(-c2ccc(C(=O)N[C@@H](CN(C)C)C(=O)NC)cc2)cc1. The third-order valence-electron chi connectivity index (χ3n) is 4.26. The Balaban J connectivity index is 0.00000364. The summed E-state index contributed by atoms with van der Waals surface area (Å²) < 4.78 is 0. The van der Waals surface area contributed by atoms with Gasteiger partial charge in [0.05, 0.1) is 0 Å². The molecule has 2 aromatic carbocycles. The molecule has 146 valence electrons. The topological polar surface area (TPSA) is 61.4 Å². The lowest BCUT2D eigenvalue weighted by Gasteiger charge is -2.21. The van der Waals surface area contributed by atoms with Crippen molar-refractivity contribution in [3.05, 3.63) is 59.7 Å². The number of amides is 2. The highest BCUT2D eigenvalue weighted by Crippen LogP contribution is 2.20. The Morgan fingerprint density at radius 2 is 1.48 bits per heavy atom. The number of carbonyl (C=O) groups is 2. The zero-order valence-corrected chi connectivity index (χ0v) is 15.9. The second-order valence-corrected chi connectivity index (χ2v) is 6.53. The highest BCUT2D eigenvalue weighted by molar-refractivity contribution is 5.98. The van der Waals surface area contributed by atoms with Gasteiger partial charge in [-0.1, -0.05) is 50.7 Å². The Morgan fingerprint density at radius 1 is 0.963 bits per heavy atom. The second kappa shape index (κ2) is 10.5. The van der Waals surface area contributed by atoms with Gasteiger partial charge in [-0.2, -0.15) is 0 Å². The number of hydrogen-bond donors (Lipinski definition) is 2. The summed E-state index contributed by atoms with van der Waals surface area (Å²) in [4.78, 5) is 26.3. The number of carbonyl (C=O) groups excluding carboxylic acids is 2. The van der Waals surface area contributed by atoms with Crippen LogP contribution in [0.2, 0.25) is 0 Å². The molecule has 0 unspecified atom stereocenters. The van der Waals surface area contributed by atoms with Crippen molar-refractivity contribution < 1.29 is 9.59 Å². The third-order valence-corrected chi connectivity index (χ3v) is 4.26. The number of likely N-dealkylation sites (N-methyl/N-ethyl adjacent to an activating group) is 2. The summed E-state index contributed by atoms with van der Waals surface area (Å²) in [5, 5.41) is 5.38. The Kier molecular flexibility index (Phi) is 8.69. The number of nitrogens with zero attached hydrogens (tertiary/aromatic N) is 1. The van der Waals surface area contributed by atoms with Gasteiger partial charge in [0.15, 0.2) is 0 Å². The zero-order valence-electron chi connectivity index (χ0n) is 15.9. The molecule has 2 amide bonds. The van der Waals surface area contributed by atoms with E-state index in [0.717, 1.165) is 17.5 Å². The zero-order chi connectivity index (χ0) is 19.1. The van der Waals surface area contributed by atoms with E-state index < -0.39 is 6.04 Å². The van der Waals surface area contributed by atoms with Gasteiger partial charge >= 0.3 is 0 Å². The molecule has 2 rings (SSSR count). The molecule has 0 saturated carbocycles. The number of nitrogens with one attached hydrogen (secondary N) is 2. The molecule has 5 heteroatoms. The van der Waals surface area contributed by atoms with Crippen LogP contribution in [0.5, 0.6) is 0 Å². The molecular weight excluding hydrogens is 338 g/mol. The fourth-order valence-electron chi connectivity index (χ4n) is 2.72. The van der Waals surface area contributed by atoms with E-state index in [1.54, 1.807) is 19.2 Å². The number of hydrogen-bond acceptors (Lipinski definition) is 3. The first-order chi connectivity index (χ1) is 12.4. The van der Waals surface area contributed by atoms with E-state index in [1.807, 2.05) is 31.1 Å². The van der Waals surface area contributed by atoms with Gasteiger partial charge in [0, 0.05) is 19.2 Å². The van der Waals surface area contributed by atoms with Crippen LogP contribution in [0, 0.1) is 0 Å². The van der Waals surface area contributed by atoms with Crippen molar-refractivity contribution in [3.8, 4) is 11.1 Å². The van der Waals surface area contributed by atoms with Crippen LogP contribution in [-0.4, -0.2) is 50.4 Å². The fraction of sp³-hybridized carbons (Fsp3) is 0.364. The average molecular weight is 370 g/mol. The summed E-state index contributed by atoms with van der Waals surface area (Å²) in [5.41, 5.74) is 4.00. The minimum absolute atomic E-state index is 0. The Bertz CT molecular complexity index is 737. The van der Waals surface area contributed by atoms with Crippen LogP contribution in [-0.2, 0) is 11.2 Å². The molecule has 0 heterocycles. The van der Waals surface area contributed by atoms with Gasteiger partial charge in [0.1, 0.15) is 6.04 Å². The lowest BCUT2D eigenvalue weighted by Crippen LogP contribution is -2.50. The Morgan fingerprint density at radius 3 is 1.93 bits per heavy atom. The summed E-state index contributed by atoms with van der Waals surface area (Å²) in [6, 6.07) is 15.2. The molecule has 0 aromatic heterocycles. The number of benzene rings is 2. The molecule has 27 heavy (non-hydrogen) atoms. The predicted octanol–water partition coefficient (Wildman–Crippen LogP) is 2.96. The van der Waals surface area contributed by atoms with E-state index >= 15 is 0 Å². The maximum absolute atomic E-state index is 12.5. The molecule has 5 nitrogen and oxygen atoms in total. The first-order valence-electron chi connectivity index (χ1n) is 8.81. The largest absolute Gasteiger partial charge is 0.357 e. The summed E-state index contributed by atoms with van der Waals surface area (Å²) in [7, 11) is 5.29. The van der Waals surface area contributed by atoms with Gasteiger partial charge in [0.2, 0.25) is 5.91 Å². The normalized spacial score (nSPS) is 11.4. The standard InChI is InChI=1S/C21H27N3O2.CH4/c1-5-15-6-8-16(9-7-15)17-10-12-18(13-11-17)20(25)23-19(14-24(3)4)21(26)22-2;/h6-13,19H,5,14H2,1-4H3,(H,22,26)(H,23,25);1H4/t19-;/m0./s1. The van der Waals surface area contributed by atoms with Gasteiger partial charge in [-0.25, -0.2) is 0 Å². The molecule has 2 aromatic rings. The van der Waals surface area contributed by atoms with Crippen molar-refractivity contribution in [2.24, 2.45) is 0 Å². The molecule has 0 saturated heterocycles. The smallest absolute Gasteiger partial charge is 0.251 e. The lowest BCUT2D eigenvalue weighted by atomic mass is 10.0. The highest BCUT2D eigenvalue weighted by Gasteiger charge is 2.21. The molecule has 0 bridgehead atoms. The van der Waals surface area contributed by atoms with Crippen LogP contribution in [0.25, 0.3) is 11.1 Å². The Hall–Kier alpha value is -2.66. The monoisotopic (exact) mass is 369 g/mol. The number of rotatable bonds is 7. The van der Waals surface area contributed by atoms with Crippen LogP contribution in [0.4, 0.5) is 0 Å². The van der Waals surface area contributed by atoms with Crippen LogP contribution >= 0.6 is 0 Å². The summed E-state index contributed by atoms with van der Waals surface area (Å²) in [6.07, 6.45) is 1.01. The van der Waals surface area contributed by atoms with Gasteiger partial charge in [-0.05, 0) is 49.3 Å². The maximum Gasteiger partial charge on any atom is 0.251 e. The first kappa shape index (κ1) is 22.4. The maximum atomic E-state index is 12.5. The van der Waals surface area contributed by atoms with Gasteiger partial charge in [-0.3, -0.25) is 9.59 Å². The van der Waals surface area contributed by atoms with E-state index in [2.05, 4.69) is 41.8 Å². The Labute approximate surface area is 162 Å². The first-order valence-corrected chi connectivity index (χ1v) is 8.81. The van der Waals surface area contributed by atoms with Crippen molar-refractivity contribution in [1.29, 1.82) is 0 Å². The average Bonchev–Trinajstić information content (AvgIpc) is 2.66. The van der Waals surface area contributed by atoms with Crippen LogP contribution < -0.4 is 10.6 Å². The molecule has 0 aliphatic rings. The molecule has 2 N–H and O–H groups in total. The van der Waals surface area contributed by atoms with E-state index in [0.29, 0.717) is 12.1 Å². The third kappa shape index (κ3) is 6.22. The fourth-order valence-corrected chi connectivity index (χ4v) is 2.72. The van der Waals surface area contributed by atoms with Crippen molar-refractivity contribution >= 4 is 11.8 Å². The minimum atomic E-state index is -0.594. The lowest BCUT2D eigenvalue weighted by molar-refractivity contribution is -0.122. The van der Waals surface area contributed by atoms with Crippen molar-refractivity contribution in [3.63, 3.8) is 0 Å². The molecule has 1 atom stereocenters. The van der Waals surface area contributed by atoms with E-state index in [1.165, 1.54) is 5.56 Å². The molecule has 0 aliphatic carbocycles. The van der Waals surface area contributed by atoms with Gasteiger partial charge in [-0.15, -0.1) is 0 Å². The predicted molar refractivity (Wildman–Crippen MR) is 112 cm³/mol. The van der Waals surface area contributed by atoms with E-state index in [9.17, 15) is 9.59 Å². The van der Waals surface area contributed by atoms with E-state index in [-0.39, 0.29) is 19.2 Å². The minimum Gasteiger partial charge on any atom is -0.357 e.